The Kier molecular flexibility index (Phi) is 3.00. The van der Waals surface area contributed by atoms with Crippen LogP contribution in [0.4, 0.5) is 0 Å². The first kappa shape index (κ1) is 13.7. The fraction of sp³-hybridized carbons (Fsp3) is 0.538. The molecule has 0 aromatic carbocycles. The summed E-state index contributed by atoms with van der Waals surface area (Å²) in [6.45, 7) is 2.08. The van der Waals surface area contributed by atoms with Crippen LogP contribution in [0.3, 0.4) is 0 Å². The molecule has 0 saturated heterocycles. The second-order valence-corrected chi connectivity index (χ2v) is 5.65. The summed E-state index contributed by atoms with van der Waals surface area (Å²) in [4.78, 5) is 26.5. The minimum Gasteiger partial charge on any atom is -0.478 e. The van der Waals surface area contributed by atoms with Gasteiger partial charge >= 0.3 is 5.97 Å². The van der Waals surface area contributed by atoms with E-state index in [-0.39, 0.29) is 35.1 Å². The Bertz CT molecular complexity index is 702. The predicted molar refractivity (Wildman–Crippen MR) is 71.1 cm³/mol. The lowest BCUT2D eigenvalue weighted by atomic mass is 9.85. The van der Waals surface area contributed by atoms with Crippen LogP contribution in [0, 0.1) is 5.92 Å². The molecular weight excluding hydrogens is 276 g/mol. The van der Waals surface area contributed by atoms with E-state index in [0.717, 1.165) is 0 Å². The SMILES string of the molecule is CC1CC(=O)c2c(C(=O)O)c3n(c2C1)C[C@@H](O)[C@H]3N=[N+]=[N-]. The molecule has 1 unspecified atom stereocenters. The van der Waals surface area contributed by atoms with Gasteiger partial charge in [0.25, 0.3) is 0 Å². The average Bonchev–Trinajstić information content (AvgIpc) is 2.86. The molecule has 1 aliphatic carbocycles. The summed E-state index contributed by atoms with van der Waals surface area (Å²) in [6, 6.07) is -0.963. The third kappa shape index (κ3) is 1.84. The number of nitrogens with zero attached hydrogens (tertiary/aromatic N) is 4. The van der Waals surface area contributed by atoms with Gasteiger partial charge in [-0.15, -0.1) is 0 Å². The highest BCUT2D eigenvalue weighted by molar-refractivity contribution is 6.08. The number of rotatable bonds is 2. The van der Waals surface area contributed by atoms with Crippen LogP contribution < -0.4 is 0 Å². The summed E-state index contributed by atoms with van der Waals surface area (Å²) in [5.41, 5.74) is 9.62. The number of aromatic carboxylic acids is 1. The van der Waals surface area contributed by atoms with Crippen LogP contribution in [0.25, 0.3) is 10.4 Å². The number of azide groups is 1. The molecule has 0 saturated carbocycles. The molecule has 0 radical (unpaired) electrons. The monoisotopic (exact) mass is 290 g/mol. The molecule has 21 heavy (non-hydrogen) atoms. The summed E-state index contributed by atoms with van der Waals surface area (Å²) in [5, 5.41) is 23.0. The zero-order valence-corrected chi connectivity index (χ0v) is 11.4. The first-order valence-corrected chi connectivity index (χ1v) is 6.69. The Morgan fingerprint density at radius 1 is 1.48 bits per heavy atom. The first-order chi connectivity index (χ1) is 9.95. The van der Waals surface area contributed by atoms with Crippen molar-refractivity contribution in [1.29, 1.82) is 0 Å². The fourth-order valence-electron chi connectivity index (χ4n) is 3.41. The van der Waals surface area contributed by atoms with Crippen LogP contribution >= 0.6 is 0 Å². The second-order valence-electron chi connectivity index (χ2n) is 5.65. The molecule has 0 spiro atoms. The summed E-state index contributed by atoms with van der Waals surface area (Å²) >= 11 is 0. The summed E-state index contributed by atoms with van der Waals surface area (Å²) < 4.78 is 1.65. The number of carbonyl (C=O) groups is 2. The van der Waals surface area contributed by atoms with E-state index in [4.69, 9.17) is 5.53 Å². The number of fused-ring (bicyclic) bond motifs is 3. The van der Waals surface area contributed by atoms with E-state index in [1.54, 1.807) is 4.57 Å². The molecule has 110 valence electrons. The van der Waals surface area contributed by atoms with Crippen LogP contribution in [0.2, 0.25) is 0 Å². The van der Waals surface area contributed by atoms with Crippen molar-refractivity contribution in [1.82, 2.24) is 4.57 Å². The molecule has 1 aromatic heterocycles. The molecule has 1 aliphatic heterocycles. The zero-order valence-electron chi connectivity index (χ0n) is 11.4. The van der Waals surface area contributed by atoms with Gasteiger partial charge in [0.2, 0.25) is 0 Å². The van der Waals surface area contributed by atoms with E-state index in [1.807, 2.05) is 6.92 Å². The quantitative estimate of drug-likeness (QED) is 0.487. The van der Waals surface area contributed by atoms with Gasteiger partial charge in [-0.1, -0.05) is 12.0 Å². The number of hydrogen-bond acceptors (Lipinski definition) is 4. The van der Waals surface area contributed by atoms with Crippen LogP contribution in [0.5, 0.6) is 0 Å². The standard InChI is InChI=1S/C13H14N4O4/c1-5-2-6-9(7(18)3-5)10(13(20)21)12-11(15-16-14)8(19)4-17(6)12/h5,8,11,19H,2-4H2,1H3,(H,20,21)/t5?,8-,11-/m1/s1. The van der Waals surface area contributed by atoms with Crippen LogP contribution in [0.15, 0.2) is 5.11 Å². The van der Waals surface area contributed by atoms with Gasteiger partial charge in [-0.3, -0.25) is 4.79 Å². The van der Waals surface area contributed by atoms with E-state index in [1.165, 1.54) is 0 Å². The number of aliphatic hydroxyl groups excluding tert-OH is 1. The highest BCUT2D eigenvalue weighted by Gasteiger charge is 2.43. The molecule has 2 heterocycles. The maximum Gasteiger partial charge on any atom is 0.338 e. The van der Waals surface area contributed by atoms with Crippen molar-refractivity contribution in [3.05, 3.63) is 33.0 Å². The molecule has 2 aliphatic rings. The minimum absolute atomic E-state index is 0.115. The second kappa shape index (κ2) is 4.61. The Balaban J connectivity index is 2.30. The van der Waals surface area contributed by atoms with Crippen molar-refractivity contribution in [2.45, 2.75) is 38.5 Å². The lowest BCUT2D eigenvalue weighted by Crippen LogP contribution is -2.23. The number of carboxylic acids is 1. The van der Waals surface area contributed by atoms with E-state index in [2.05, 4.69) is 10.0 Å². The molecule has 8 nitrogen and oxygen atoms in total. The van der Waals surface area contributed by atoms with Gasteiger partial charge in [0.15, 0.2) is 5.78 Å². The van der Waals surface area contributed by atoms with Gasteiger partial charge in [0, 0.05) is 29.3 Å². The predicted octanol–water partition coefficient (Wildman–Crippen LogP) is 1.68. The van der Waals surface area contributed by atoms with Crippen LogP contribution in [0.1, 0.15) is 51.5 Å². The molecule has 0 amide bonds. The largest absolute Gasteiger partial charge is 0.478 e. The van der Waals surface area contributed by atoms with Gasteiger partial charge in [-0.05, 0) is 17.9 Å². The maximum atomic E-state index is 12.2. The van der Waals surface area contributed by atoms with E-state index < -0.39 is 18.1 Å². The van der Waals surface area contributed by atoms with Gasteiger partial charge in [0.1, 0.15) is 6.04 Å². The topological polar surface area (TPSA) is 128 Å². The molecule has 0 fully saturated rings. The number of hydrogen-bond donors (Lipinski definition) is 2. The number of ketones is 1. The lowest BCUT2D eigenvalue weighted by molar-refractivity contribution is 0.0688. The lowest BCUT2D eigenvalue weighted by Gasteiger charge is -2.20. The molecule has 3 atom stereocenters. The first-order valence-electron chi connectivity index (χ1n) is 6.69. The van der Waals surface area contributed by atoms with Crippen LogP contribution in [-0.4, -0.2) is 32.6 Å². The number of carbonyl (C=O) groups excluding carboxylic acids is 1. The number of aliphatic hydroxyl groups is 1. The fourth-order valence-corrected chi connectivity index (χ4v) is 3.41. The Labute approximate surface area is 119 Å². The van der Waals surface area contributed by atoms with Crippen molar-refractivity contribution >= 4 is 11.8 Å². The van der Waals surface area contributed by atoms with E-state index in [0.29, 0.717) is 18.5 Å². The molecule has 1 aromatic rings. The van der Waals surface area contributed by atoms with Crippen molar-refractivity contribution in [2.24, 2.45) is 11.0 Å². The average molecular weight is 290 g/mol. The van der Waals surface area contributed by atoms with Gasteiger partial charge in [-0.25, -0.2) is 4.79 Å². The normalized spacial score (nSPS) is 27.0. The van der Waals surface area contributed by atoms with Crippen LogP contribution in [-0.2, 0) is 13.0 Å². The van der Waals surface area contributed by atoms with Crippen molar-refractivity contribution < 1.29 is 19.8 Å². The van der Waals surface area contributed by atoms with E-state index in [9.17, 15) is 19.8 Å². The molecular formula is C13H14N4O4. The molecule has 3 rings (SSSR count). The third-order valence-corrected chi connectivity index (χ3v) is 4.17. The number of aromatic nitrogens is 1. The van der Waals surface area contributed by atoms with Crippen molar-refractivity contribution in [3.8, 4) is 0 Å². The molecule has 2 N–H and O–H groups in total. The molecule has 0 bridgehead atoms. The van der Waals surface area contributed by atoms with Gasteiger partial charge < -0.3 is 14.8 Å². The number of Topliss-reactive ketones (excluding diaryl/α,β-unsaturated/α-hetero) is 1. The Hall–Kier alpha value is -2.31. The smallest absolute Gasteiger partial charge is 0.338 e. The van der Waals surface area contributed by atoms with Crippen molar-refractivity contribution in [2.75, 3.05) is 0 Å². The summed E-state index contributed by atoms with van der Waals surface area (Å²) in [5.74, 6) is -1.30. The van der Waals surface area contributed by atoms with Gasteiger partial charge in [0.05, 0.1) is 17.2 Å². The highest BCUT2D eigenvalue weighted by Crippen LogP contribution is 2.41. The zero-order chi connectivity index (χ0) is 15.3. The number of carboxylic acid groups (broad SMARTS) is 1. The van der Waals surface area contributed by atoms with Crippen molar-refractivity contribution in [3.63, 3.8) is 0 Å². The van der Waals surface area contributed by atoms with E-state index >= 15 is 0 Å². The maximum absolute atomic E-state index is 12.2. The highest BCUT2D eigenvalue weighted by atomic mass is 16.4. The molecule has 8 heteroatoms. The van der Waals surface area contributed by atoms with Gasteiger partial charge in [-0.2, -0.15) is 0 Å². The minimum atomic E-state index is -1.23. The summed E-state index contributed by atoms with van der Waals surface area (Å²) in [7, 11) is 0. The summed E-state index contributed by atoms with van der Waals surface area (Å²) in [6.07, 6.45) is -0.0747. The third-order valence-electron chi connectivity index (χ3n) is 4.17. The Morgan fingerprint density at radius 2 is 2.19 bits per heavy atom. The Morgan fingerprint density at radius 3 is 2.81 bits per heavy atom.